The van der Waals surface area contributed by atoms with Gasteiger partial charge in [-0.2, -0.15) is 0 Å². The number of hydrogen-bond acceptors (Lipinski definition) is 1. The van der Waals surface area contributed by atoms with E-state index < -0.39 is 0 Å². The van der Waals surface area contributed by atoms with Crippen LogP contribution in [0.1, 0.15) is 49.9 Å². The molecule has 0 aliphatic carbocycles. The molecule has 96 valence electrons. The number of aryl methyl sites for hydroxylation is 2. The molecule has 0 aromatic heterocycles. The van der Waals surface area contributed by atoms with Crippen LogP contribution in [0.5, 0.6) is 0 Å². The SMILES string of the molecule is CNC(CC(C)(C)C)c1cc(C)c(C)cc1Cl. The summed E-state index contributed by atoms with van der Waals surface area (Å²) in [7, 11) is 2.00. The molecule has 0 aliphatic heterocycles. The van der Waals surface area contributed by atoms with Gasteiger partial charge in [0, 0.05) is 11.1 Å². The molecule has 2 heteroatoms. The highest BCUT2D eigenvalue weighted by molar-refractivity contribution is 6.31. The summed E-state index contributed by atoms with van der Waals surface area (Å²) in [5.41, 5.74) is 4.06. The third kappa shape index (κ3) is 4.01. The highest BCUT2D eigenvalue weighted by Gasteiger charge is 2.21. The first kappa shape index (κ1) is 14.5. The highest BCUT2D eigenvalue weighted by Crippen LogP contribution is 2.33. The van der Waals surface area contributed by atoms with Gasteiger partial charge < -0.3 is 5.32 Å². The summed E-state index contributed by atoms with van der Waals surface area (Å²) in [6.45, 7) is 11.0. The van der Waals surface area contributed by atoms with Crippen LogP contribution in [0.4, 0.5) is 0 Å². The van der Waals surface area contributed by atoms with Gasteiger partial charge in [0.2, 0.25) is 0 Å². The average Bonchev–Trinajstić information content (AvgIpc) is 2.19. The van der Waals surface area contributed by atoms with Crippen molar-refractivity contribution >= 4 is 11.6 Å². The summed E-state index contributed by atoms with van der Waals surface area (Å²) >= 11 is 6.36. The zero-order valence-corrected chi connectivity index (χ0v) is 12.6. The van der Waals surface area contributed by atoms with Gasteiger partial charge in [-0.15, -0.1) is 0 Å². The highest BCUT2D eigenvalue weighted by atomic mass is 35.5. The molecule has 0 saturated heterocycles. The first-order valence-electron chi connectivity index (χ1n) is 6.18. The van der Waals surface area contributed by atoms with E-state index in [1.807, 2.05) is 7.05 Å². The van der Waals surface area contributed by atoms with Gasteiger partial charge in [0.1, 0.15) is 0 Å². The van der Waals surface area contributed by atoms with Crippen LogP contribution in [0.2, 0.25) is 5.02 Å². The molecule has 0 saturated carbocycles. The van der Waals surface area contributed by atoms with Gasteiger partial charge in [0.05, 0.1) is 0 Å². The third-order valence-corrected chi connectivity index (χ3v) is 3.48. The van der Waals surface area contributed by atoms with Crippen LogP contribution in [-0.2, 0) is 0 Å². The van der Waals surface area contributed by atoms with Gasteiger partial charge >= 0.3 is 0 Å². The molecule has 0 amide bonds. The van der Waals surface area contributed by atoms with Crippen LogP contribution in [0.25, 0.3) is 0 Å². The average molecular weight is 254 g/mol. The summed E-state index contributed by atoms with van der Waals surface area (Å²) < 4.78 is 0. The molecule has 0 radical (unpaired) electrons. The normalized spacial score (nSPS) is 13.8. The molecule has 1 atom stereocenters. The van der Waals surface area contributed by atoms with E-state index in [1.54, 1.807) is 0 Å². The summed E-state index contributed by atoms with van der Waals surface area (Å²) in [4.78, 5) is 0. The summed E-state index contributed by atoms with van der Waals surface area (Å²) in [6, 6.07) is 4.60. The van der Waals surface area contributed by atoms with Crippen molar-refractivity contribution in [2.24, 2.45) is 5.41 Å². The van der Waals surface area contributed by atoms with Crippen molar-refractivity contribution in [1.29, 1.82) is 0 Å². The summed E-state index contributed by atoms with van der Waals surface area (Å²) in [6.07, 6.45) is 1.08. The second kappa shape index (κ2) is 5.41. The minimum Gasteiger partial charge on any atom is -0.313 e. The van der Waals surface area contributed by atoms with Crippen LogP contribution < -0.4 is 5.32 Å². The van der Waals surface area contributed by atoms with E-state index in [9.17, 15) is 0 Å². The van der Waals surface area contributed by atoms with Crippen molar-refractivity contribution in [2.45, 2.75) is 47.1 Å². The Morgan fingerprint density at radius 3 is 2.18 bits per heavy atom. The van der Waals surface area contributed by atoms with Crippen LogP contribution in [0.3, 0.4) is 0 Å². The first-order valence-corrected chi connectivity index (χ1v) is 6.56. The maximum atomic E-state index is 6.36. The molecule has 1 rings (SSSR count). The molecule has 0 spiro atoms. The van der Waals surface area contributed by atoms with Crippen molar-refractivity contribution in [3.63, 3.8) is 0 Å². The molecule has 17 heavy (non-hydrogen) atoms. The zero-order valence-electron chi connectivity index (χ0n) is 11.8. The van der Waals surface area contributed by atoms with Gasteiger partial charge in [-0.05, 0) is 55.5 Å². The van der Waals surface area contributed by atoms with Crippen LogP contribution in [-0.4, -0.2) is 7.05 Å². The lowest BCUT2D eigenvalue weighted by molar-refractivity contribution is 0.321. The lowest BCUT2D eigenvalue weighted by atomic mass is 9.85. The Bertz CT molecular complexity index is 391. The van der Waals surface area contributed by atoms with Crippen molar-refractivity contribution in [1.82, 2.24) is 5.32 Å². The molecule has 1 aromatic carbocycles. The van der Waals surface area contributed by atoms with E-state index in [-0.39, 0.29) is 5.41 Å². The number of rotatable bonds is 3. The maximum absolute atomic E-state index is 6.36. The molecule has 1 N–H and O–H groups in total. The van der Waals surface area contributed by atoms with E-state index in [1.165, 1.54) is 16.7 Å². The topological polar surface area (TPSA) is 12.0 Å². The largest absolute Gasteiger partial charge is 0.313 e. The Hall–Kier alpha value is -0.530. The zero-order chi connectivity index (χ0) is 13.2. The minimum absolute atomic E-state index is 0.287. The molecule has 0 fully saturated rings. The molecule has 0 aliphatic rings. The summed E-state index contributed by atoms with van der Waals surface area (Å²) in [5.74, 6) is 0. The van der Waals surface area contributed by atoms with Crippen LogP contribution in [0.15, 0.2) is 12.1 Å². The molecular weight excluding hydrogens is 230 g/mol. The van der Waals surface area contributed by atoms with E-state index in [0.717, 1.165) is 11.4 Å². The second-order valence-electron chi connectivity index (χ2n) is 6.06. The van der Waals surface area contributed by atoms with Gasteiger partial charge in [-0.25, -0.2) is 0 Å². The molecule has 1 aromatic rings. The number of halogens is 1. The smallest absolute Gasteiger partial charge is 0.0456 e. The lowest BCUT2D eigenvalue weighted by Crippen LogP contribution is -2.23. The van der Waals surface area contributed by atoms with E-state index in [0.29, 0.717) is 6.04 Å². The van der Waals surface area contributed by atoms with Crippen molar-refractivity contribution in [3.8, 4) is 0 Å². The van der Waals surface area contributed by atoms with Gasteiger partial charge in [-0.3, -0.25) is 0 Å². The quantitative estimate of drug-likeness (QED) is 0.827. The van der Waals surface area contributed by atoms with Crippen LogP contribution in [0, 0.1) is 19.3 Å². The predicted molar refractivity (Wildman–Crippen MR) is 76.8 cm³/mol. The Morgan fingerprint density at radius 1 is 1.18 bits per heavy atom. The first-order chi connectivity index (χ1) is 7.74. The fourth-order valence-electron chi connectivity index (χ4n) is 2.05. The Morgan fingerprint density at radius 2 is 1.71 bits per heavy atom. The maximum Gasteiger partial charge on any atom is 0.0456 e. The standard InChI is InChI=1S/C15H24ClN/c1-10-7-12(13(16)8-11(10)2)14(17-6)9-15(3,4)5/h7-8,14,17H,9H2,1-6H3. The van der Waals surface area contributed by atoms with Gasteiger partial charge in [0.25, 0.3) is 0 Å². The lowest BCUT2D eigenvalue weighted by Gasteiger charge is -2.27. The Balaban J connectivity index is 3.08. The molecule has 1 nitrogen and oxygen atoms in total. The summed E-state index contributed by atoms with van der Waals surface area (Å²) in [5, 5.41) is 4.25. The van der Waals surface area contributed by atoms with E-state index >= 15 is 0 Å². The van der Waals surface area contributed by atoms with Gasteiger partial charge in [-0.1, -0.05) is 38.4 Å². The fourth-order valence-corrected chi connectivity index (χ4v) is 2.40. The molecule has 1 unspecified atom stereocenters. The minimum atomic E-state index is 0.287. The Labute approximate surface area is 111 Å². The van der Waals surface area contributed by atoms with Crippen molar-refractivity contribution < 1.29 is 0 Å². The Kier molecular flexibility index (Phi) is 4.62. The monoisotopic (exact) mass is 253 g/mol. The molecule has 0 bridgehead atoms. The fraction of sp³-hybridized carbons (Fsp3) is 0.600. The van der Waals surface area contributed by atoms with E-state index in [4.69, 9.17) is 11.6 Å². The molecular formula is C15H24ClN. The van der Waals surface area contributed by atoms with Crippen LogP contribution >= 0.6 is 11.6 Å². The number of benzene rings is 1. The third-order valence-electron chi connectivity index (χ3n) is 3.15. The number of hydrogen-bond donors (Lipinski definition) is 1. The van der Waals surface area contributed by atoms with E-state index in [2.05, 4.69) is 52.1 Å². The predicted octanol–water partition coefficient (Wildman–Crippen LogP) is 4.65. The van der Waals surface area contributed by atoms with Crippen molar-refractivity contribution in [2.75, 3.05) is 7.05 Å². The number of nitrogens with one attached hydrogen (secondary N) is 1. The molecule has 0 heterocycles. The van der Waals surface area contributed by atoms with Gasteiger partial charge in [0.15, 0.2) is 0 Å². The van der Waals surface area contributed by atoms with Crippen molar-refractivity contribution in [3.05, 3.63) is 33.8 Å². The second-order valence-corrected chi connectivity index (χ2v) is 6.47.